The minimum atomic E-state index is -0.0317. The van der Waals surface area contributed by atoms with Crippen LogP contribution in [0.3, 0.4) is 0 Å². The van der Waals surface area contributed by atoms with Crippen LogP contribution in [0.25, 0.3) is 0 Å². The Morgan fingerprint density at radius 1 is 0.875 bits per heavy atom. The van der Waals surface area contributed by atoms with Crippen LogP contribution in [-0.2, 0) is 14.2 Å². The molecular weight excluding hydrogens is 302 g/mol. The fourth-order valence-corrected chi connectivity index (χ4v) is 3.34. The van der Waals surface area contributed by atoms with Crippen molar-refractivity contribution in [2.24, 2.45) is 5.41 Å². The SMILES string of the molecule is CC(C)(C)COCCN1CCC(OC2CC(OC(C)(C)C)C2)CC1. The number of rotatable bonds is 7. The Morgan fingerprint density at radius 2 is 1.50 bits per heavy atom. The lowest BCUT2D eigenvalue weighted by Gasteiger charge is -2.42. The molecule has 2 fully saturated rings. The van der Waals surface area contributed by atoms with Crippen LogP contribution in [0.15, 0.2) is 0 Å². The number of hydrogen-bond acceptors (Lipinski definition) is 4. The summed E-state index contributed by atoms with van der Waals surface area (Å²) in [5, 5.41) is 0. The molecule has 0 aromatic carbocycles. The van der Waals surface area contributed by atoms with Crippen molar-refractivity contribution in [3.05, 3.63) is 0 Å². The van der Waals surface area contributed by atoms with Gasteiger partial charge in [0, 0.05) is 19.6 Å². The number of ether oxygens (including phenoxy) is 3. The van der Waals surface area contributed by atoms with Gasteiger partial charge in [0.1, 0.15) is 0 Å². The zero-order chi connectivity index (χ0) is 17.8. The Balaban J connectivity index is 1.51. The van der Waals surface area contributed by atoms with Crippen molar-refractivity contribution in [1.29, 1.82) is 0 Å². The molecule has 1 heterocycles. The lowest BCUT2D eigenvalue weighted by Crippen LogP contribution is -2.45. The summed E-state index contributed by atoms with van der Waals surface area (Å²) >= 11 is 0. The molecule has 0 atom stereocenters. The van der Waals surface area contributed by atoms with Crippen molar-refractivity contribution in [3.8, 4) is 0 Å². The highest BCUT2D eigenvalue weighted by Crippen LogP contribution is 2.32. The minimum absolute atomic E-state index is 0.0317. The van der Waals surface area contributed by atoms with Gasteiger partial charge >= 0.3 is 0 Å². The van der Waals surface area contributed by atoms with Crippen LogP contribution in [-0.4, -0.2) is 61.7 Å². The molecule has 0 amide bonds. The van der Waals surface area contributed by atoms with Crippen molar-refractivity contribution in [3.63, 3.8) is 0 Å². The highest BCUT2D eigenvalue weighted by molar-refractivity contribution is 4.85. The van der Waals surface area contributed by atoms with Crippen molar-refractivity contribution >= 4 is 0 Å². The maximum Gasteiger partial charge on any atom is 0.0631 e. The van der Waals surface area contributed by atoms with Gasteiger partial charge in [-0.05, 0) is 51.9 Å². The Hall–Kier alpha value is -0.160. The highest BCUT2D eigenvalue weighted by Gasteiger charge is 2.35. The smallest absolute Gasteiger partial charge is 0.0631 e. The normalized spacial score (nSPS) is 27.2. The van der Waals surface area contributed by atoms with Crippen LogP contribution in [0.4, 0.5) is 0 Å². The first-order chi connectivity index (χ1) is 11.1. The first kappa shape index (κ1) is 20.2. The van der Waals surface area contributed by atoms with E-state index in [-0.39, 0.29) is 11.0 Å². The molecule has 0 bridgehead atoms. The van der Waals surface area contributed by atoms with Crippen molar-refractivity contribution in [1.82, 2.24) is 4.90 Å². The molecule has 1 aliphatic carbocycles. The third-order valence-corrected chi connectivity index (χ3v) is 4.58. The van der Waals surface area contributed by atoms with Crippen LogP contribution >= 0.6 is 0 Å². The first-order valence-electron chi connectivity index (χ1n) is 9.74. The summed E-state index contributed by atoms with van der Waals surface area (Å²) in [6, 6.07) is 0. The van der Waals surface area contributed by atoms with Gasteiger partial charge in [0.25, 0.3) is 0 Å². The summed E-state index contributed by atoms with van der Waals surface area (Å²) in [5.41, 5.74) is 0.230. The monoisotopic (exact) mass is 341 g/mol. The van der Waals surface area contributed by atoms with Crippen molar-refractivity contribution < 1.29 is 14.2 Å². The Morgan fingerprint density at radius 3 is 2.04 bits per heavy atom. The molecule has 1 saturated carbocycles. The molecule has 0 aromatic heterocycles. The van der Waals surface area contributed by atoms with E-state index in [0.29, 0.717) is 18.3 Å². The Labute approximate surface area is 149 Å². The van der Waals surface area contributed by atoms with E-state index in [1.807, 2.05) is 0 Å². The van der Waals surface area contributed by atoms with Crippen LogP contribution in [0.2, 0.25) is 0 Å². The molecule has 0 aromatic rings. The van der Waals surface area contributed by atoms with E-state index in [4.69, 9.17) is 14.2 Å². The maximum absolute atomic E-state index is 6.25. The number of likely N-dealkylation sites (tertiary alicyclic amines) is 1. The van der Waals surface area contributed by atoms with E-state index in [1.165, 1.54) is 0 Å². The molecule has 4 nitrogen and oxygen atoms in total. The van der Waals surface area contributed by atoms with Gasteiger partial charge in [-0.1, -0.05) is 20.8 Å². The fraction of sp³-hybridized carbons (Fsp3) is 1.00. The predicted molar refractivity (Wildman–Crippen MR) is 98.5 cm³/mol. The summed E-state index contributed by atoms with van der Waals surface area (Å²) < 4.78 is 18.0. The van der Waals surface area contributed by atoms with Crippen LogP contribution in [0, 0.1) is 5.41 Å². The lowest BCUT2D eigenvalue weighted by molar-refractivity contribution is -0.167. The molecule has 24 heavy (non-hydrogen) atoms. The third kappa shape index (κ3) is 7.81. The van der Waals surface area contributed by atoms with Crippen LogP contribution < -0.4 is 0 Å². The molecule has 0 spiro atoms. The summed E-state index contributed by atoms with van der Waals surface area (Å²) in [7, 11) is 0. The molecule has 2 aliphatic rings. The van der Waals surface area contributed by atoms with Gasteiger partial charge in [0.2, 0.25) is 0 Å². The second-order valence-corrected chi connectivity index (χ2v) is 9.74. The third-order valence-electron chi connectivity index (χ3n) is 4.58. The van der Waals surface area contributed by atoms with E-state index >= 15 is 0 Å². The molecule has 4 heteroatoms. The molecule has 1 saturated heterocycles. The summed E-state index contributed by atoms with van der Waals surface area (Å²) in [5.74, 6) is 0. The summed E-state index contributed by atoms with van der Waals surface area (Å²) in [6.07, 6.45) is 5.70. The van der Waals surface area contributed by atoms with Gasteiger partial charge in [-0.2, -0.15) is 0 Å². The number of nitrogens with zero attached hydrogens (tertiary/aromatic N) is 1. The van der Waals surface area contributed by atoms with Gasteiger partial charge in [-0.15, -0.1) is 0 Å². The van der Waals surface area contributed by atoms with Gasteiger partial charge in [-0.3, -0.25) is 0 Å². The number of hydrogen-bond donors (Lipinski definition) is 0. The van der Waals surface area contributed by atoms with Crippen LogP contribution in [0.1, 0.15) is 67.2 Å². The maximum atomic E-state index is 6.25. The first-order valence-corrected chi connectivity index (χ1v) is 9.74. The van der Waals surface area contributed by atoms with Gasteiger partial charge in [0.15, 0.2) is 0 Å². The minimum Gasteiger partial charge on any atom is -0.380 e. The molecule has 1 aliphatic heterocycles. The lowest BCUT2D eigenvalue weighted by atomic mass is 9.90. The van der Waals surface area contributed by atoms with E-state index in [2.05, 4.69) is 46.4 Å². The fourth-order valence-electron chi connectivity index (χ4n) is 3.34. The molecule has 142 valence electrons. The van der Waals surface area contributed by atoms with Gasteiger partial charge in [0.05, 0.1) is 37.1 Å². The number of piperidine rings is 1. The largest absolute Gasteiger partial charge is 0.380 e. The van der Waals surface area contributed by atoms with E-state index < -0.39 is 0 Å². The topological polar surface area (TPSA) is 30.9 Å². The molecule has 0 unspecified atom stereocenters. The molecule has 0 N–H and O–H groups in total. The van der Waals surface area contributed by atoms with Gasteiger partial charge in [-0.25, -0.2) is 0 Å². The van der Waals surface area contributed by atoms with Gasteiger partial charge < -0.3 is 19.1 Å². The van der Waals surface area contributed by atoms with Crippen molar-refractivity contribution in [2.75, 3.05) is 32.8 Å². The molecule has 0 radical (unpaired) electrons. The van der Waals surface area contributed by atoms with E-state index in [9.17, 15) is 0 Å². The summed E-state index contributed by atoms with van der Waals surface area (Å²) in [4.78, 5) is 2.51. The Bertz CT molecular complexity index is 358. The molecular formula is C20H39NO3. The van der Waals surface area contributed by atoms with E-state index in [1.54, 1.807) is 0 Å². The average Bonchev–Trinajstić information content (AvgIpc) is 2.40. The zero-order valence-corrected chi connectivity index (χ0v) is 16.8. The van der Waals surface area contributed by atoms with Crippen LogP contribution in [0.5, 0.6) is 0 Å². The predicted octanol–water partition coefficient (Wildman–Crippen LogP) is 3.88. The van der Waals surface area contributed by atoms with E-state index in [0.717, 1.165) is 58.5 Å². The second-order valence-electron chi connectivity index (χ2n) is 9.74. The zero-order valence-electron chi connectivity index (χ0n) is 16.8. The standard InChI is InChI=1S/C20H39NO3/c1-19(2,3)15-22-12-11-21-9-7-16(8-10-21)23-17-13-18(14-17)24-20(4,5)6/h16-18H,7-15H2,1-6H3. The van der Waals surface area contributed by atoms with Crippen molar-refractivity contribution in [2.45, 2.75) is 91.1 Å². The Kier molecular flexibility index (Phi) is 7.12. The second kappa shape index (κ2) is 8.48. The quantitative estimate of drug-likeness (QED) is 0.658. The highest BCUT2D eigenvalue weighted by atomic mass is 16.5. The molecule has 2 rings (SSSR count). The summed E-state index contributed by atoms with van der Waals surface area (Å²) in [6.45, 7) is 18.0. The average molecular weight is 342 g/mol.